The average Bonchev–Trinajstić information content (AvgIpc) is 3.15. The summed E-state index contributed by atoms with van der Waals surface area (Å²) in [6.45, 7) is 6.92. The van der Waals surface area contributed by atoms with Gasteiger partial charge in [-0.3, -0.25) is 9.89 Å². The van der Waals surface area contributed by atoms with Crippen LogP contribution in [0.2, 0.25) is 0 Å². The molecule has 0 aliphatic rings. The number of hydrogen-bond acceptors (Lipinski definition) is 6. The van der Waals surface area contributed by atoms with Crippen LogP contribution in [0, 0.1) is 6.92 Å². The van der Waals surface area contributed by atoms with E-state index in [1.54, 1.807) is 0 Å². The van der Waals surface area contributed by atoms with Gasteiger partial charge in [0, 0.05) is 18.1 Å². The summed E-state index contributed by atoms with van der Waals surface area (Å²) in [5.74, 6) is 1.97. The van der Waals surface area contributed by atoms with E-state index in [0.29, 0.717) is 17.5 Å². The first-order valence-electron chi connectivity index (χ1n) is 7.48. The summed E-state index contributed by atoms with van der Waals surface area (Å²) in [4.78, 5) is 20.0. The predicted molar refractivity (Wildman–Crippen MR) is 86.7 cm³/mol. The third-order valence-electron chi connectivity index (χ3n) is 3.44. The highest BCUT2D eigenvalue weighted by Gasteiger charge is 2.27. The van der Waals surface area contributed by atoms with Crippen LogP contribution in [0.3, 0.4) is 0 Å². The highest BCUT2D eigenvalue weighted by molar-refractivity contribution is 5.73. The Balaban J connectivity index is 1.92. The third-order valence-corrected chi connectivity index (χ3v) is 3.44. The Morgan fingerprint density at radius 3 is 2.67 bits per heavy atom. The normalized spacial score (nSPS) is 11.5. The van der Waals surface area contributed by atoms with Gasteiger partial charge < -0.3 is 9.84 Å². The molecule has 2 aromatic heterocycles. The molecule has 0 fully saturated rings. The standard InChI is InChI=1S/C16H18N6O2/c1-9-17-13(21-20-9)11-6-5-7-12(8-11)14-18-15(22-24-14)16(3,4)19-10(2)23/h5-8H,1-4H3,(H,19,23)(H,17,20,21). The van der Waals surface area contributed by atoms with Crippen molar-refractivity contribution >= 4 is 5.91 Å². The number of aromatic amines is 1. The Morgan fingerprint density at radius 2 is 2.00 bits per heavy atom. The van der Waals surface area contributed by atoms with Crippen LogP contribution in [0.1, 0.15) is 32.4 Å². The number of carbonyl (C=O) groups excluding carboxylic acids is 1. The van der Waals surface area contributed by atoms with Crippen LogP contribution < -0.4 is 5.32 Å². The Hall–Kier alpha value is -3.03. The van der Waals surface area contributed by atoms with Crippen LogP contribution in [0.4, 0.5) is 0 Å². The zero-order valence-corrected chi connectivity index (χ0v) is 13.9. The van der Waals surface area contributed by atoms with Crippen molar-refractivity contribution in [3.63, 3.8) is 0 Å². The number of aromatic nitrogens is 5. The van der Waals surface area contributed by atoms with E-state index in [0.717, 1.165) is 17.0 Å². The van der Waals surface area contributed by atoms with Gasteiger partial charge in [0.1, 0.15) is 5.82 Å². The summed E-state index contributed by atoms with van der Waals surface area (Å²) in [6.07, 6.45) is 0. The van der Waals surface area contributed by atoms with Crippen molar-refractivity contribution in [3.05, 3.63) is 35.9 Å². The van der Waals surface area contributed by atoms with Gasteiger partial charge in [0.05, 0.1) is 5.54 Å². The van der Waals surface area contributed by atoms with Crippen molar-refractivity contribution in [2.75, 3.05) is 0 Å². The molecule has 0 radical (unpaired) electrons. The third kappa shape index (κ3) is 3.17. The highest BCUT2D eigenvalue weighted by Crippen LogP contribution is 2.25. The molecule has 8 nitrogen and oxygen atoms in total. The van der Waals surface area contributed by atoms with Crippen molar-refractivity contribution in [2.24, 2.45) is 0 Å². The minimum atomic E-state index is -0.716. The van der Waals surface area contributed by atoms with E-state index in [2.05, 4.69) is 30.6 Å². The molecule has 8 heteroatoms. The van der Waals surface area contributed by atoms with Gasteiger partial charge in [-0.2, -0.15) is 10.1 Å². The minimum absolute atomic E-state index is 0.159. The van der Waals surface area contributed by atoms with Crippen LogP contribution >= 0.6 is 0 Å². The SMILES string of the molecule is CC(=O)NC(C)(C)c1noc(-c2cccc(-c3n[nH]c(C)n3)c2)n1. The van der Waals surface area contributed by atoms with Gasteiger partial charge in [-0.25, -0.2) is 4.98 Å². The summed E-state index contributed by atoms with van der Waals surface area (Å²) >= 11 is 0. The molecular formula is C16H18N6O2. The average molecular weight is 326 g/mol. The van der Waals surface area contributed by atoms with Gasteiger partial charge >= 0.3 is 0 Å². The van der Waals surface area contributed by atoms with E-state index in [1.807, 2.05) is 45.0 Å². The van der Waals surface area contributed by atoms with Crippen molar-refractivity contribution < 1.29 is 9.32 Å². The number of nitrogens with one attached hydrogen (secondary N) is 2. The number of H-pyrrole nitrogens is 1. The van der Waals surface area contributed by atoms with Crippen molar-refractivity contribution in [1.29, 1.82) is 0 Å². The van der Waals surface area contributed by atoms with Crippen molar-refractivity contribution in [3.8, 4) is 22.8 Å². The van der Waals surface area contributed by atoms with Crippen LogP contribution in [-0.4, -0.2) is 31.2 Å². The second-order valence-electron chi connectivity index (χ2n) is 6.05. The fourth-order valence-electron chi connectivity index (χ4n) is 2.35. The maximum atomic E-state index is 11.3. The molecule has 0 saturated heterocycles. The first-order valence-corrected chi connectivity index (χ1v) is 7.48. The monoisotopic (exact) mass is 326 g/mol. The number of rotatable bonds is 4. The Labute approximate surface area is 138 Å². The van der Waals surface area contributed by atoms with Crippen LogP contribution in [0.15, 0.2) is 28.8 Å². The molecule has 0 atom stereocenters. The topological polar surface area (TPSA) is 110 Å². The lowest BCUT2D eigenvalue weighted by Crippen LogP contribution is -2.40. The molecule has 24 heavy (non-hydrogen) atoms. The summed E-state index contributed by atoms with van der Waals surface area (Å²) in [5.41, 5.74) is 0.886. The summed E-state index contributed by atoms with van der Waals surface area (Å²) in [5, 5.41) is 13.7. The minimum Gasteiger partial charge on any atom is -0.344 e. The molecule has 0 unspecified atom stereocenters. The quantitative estimate of drug-likeness (QED) is 0.760. The number of amides is 1. The molecule has 3 aromatic rings. The second-order valence-corrected chi connectivity index (χ2v) is 6.05. The summed E-state index contributed by atoms with van der Waals surface area (Å²) in [6, 6.07) is 7.53. The molecule has 3 rings (SSSR count). The predicted octanol–water partition coefficient (Wildman–Crippen LogP) is 2.20. The Morgan fingerprint density at radius 1 is 1.25 bits per heavy atom. The molecule has 0 spiro atoms. The second kappa shape index (κ2) is 5.88. The Bertz CT molecular complexity index is 880. The lowest BCUT2D eigenvalue weighted by Gasteiger charge is -2.20. The summed E-state index contributed by atoms with van der Waals surface area (Å²) < 4.78 is 5.35. The van der Waals surface area contributed by atoms with E-state index < -0.39 is 5.54 Å². The van der Waals surface area contributed by atoms with E-state index >= 15 is 0 Å². The van der Waals surface area contributed by atoms with Gasteiger partial charge in [0.25, 0.3) is 5.89 Å². The molecule has 1 amide bonds. The van der Waals surface area contributed by atoms with Gasteiger partial charge in [0.2, 0.25) is 5.91 Å². The molecule has 124 valence electrons. The first-order chi connectivity index (χ1) is 11.3. The largest absolute Gasteiger partial charge is 0.344 e. The molecule has 2 heterocycles. The van der Waals surface area contributed by atoms with Gasteiger partial charge in [0.15, 0.2) is 11.6 Å². The molecule has 2 N–H and O–H groups in total. The fourth-order valence-corrected chi connectivity index (χ4v) is 2.35. The van der Waals surface area contributed by atoms with E-state index in [1.165, 1.54) is 6.92 Å². The highest BCUT2D eigenvalue weighted by atomic mass is 16.5. The number of aryl methyl sites for hydroxylation is 1. The first kappa shape index (κ1) is 15.9. The smallest absolute Gasteiger partial charge is 0.258 e. The molecular weight excluding hydrogens is 308 g/mol. The number of nitrogens with zero attached hydrogens (tertiary/aromatic N) is 4. The maximum Gasteiger partial charge on any atom is 0.258 e. The van der Waals surface area contributed by atoms with Crippen LogP contribution in [0.25, 0.3) is 22.8 Å². The van der Waals surface area contributed by atoms with Gasteiger partial charge in [-0.15, -0.1) is 0 Å². The van der Waals surface area contributed by atoms with E-state index in [4.69, 9.17) is 4.52 Å². The molecule has 1 aromatic carbocycles. The number of hydrogen-bond donors (Lipinski definition) is 2. The van der Waals surface area contributed by atoms with Gasteiger partial charge in [-0.05, 0) is 32.9 Å². The zero-order chi connectivity index (χ0) is 17.3. The van der Waals surface area contributed by atoms with Crippen LogP contribution in [-0.2, 0) is 10.3 Å². The van der Waals surface area contributed by atoms with Crippen LogP contribution in [0.5, 0.6) is 0 Å². The molecule has 0 aliphatic carbocycles. The van der Waals surface area contributed by atoms with Crippen molar-refractivity contribution in [2.45, 2.75) is 33.2 Å². The molecule has 0 aliphatic heterocycles. The van der Waals surface area contributed by atoms with Crippen molar-refractivity contribution in [1.82, 2.24) is 30.6 Å². The zero-order valence-electron chi connectivity index (χ0n) is 13.9. The lowest BCUT2D eigenvalue weighted by molar-refractivity contribution is -0.120. The summed E-state index contributed by atoms with van der Waals surface area (Å²) in [7, 11) is 0. The lowest BCUT2D eigenvalue weighted by atomic mass is 10.1. The molecule has 0 saturated carbocycles. The Kier molecular flexibility index (Phi) is 3.88. The molecule has 0 bridgehead atoms. The number of benzene rings is 1. The van der Waals surface area contributed by atoms with E-state index in [-0.39, 0.29) is 5.91 Å². The number of carbonyl (C=O) groups is 1. The maximum absolute atomic E-state index is 11.3. The van der Waals surface area contributed by atoms with Gasteiger partial charge in [-0.1, -0.05) is 17.3 Å². The fraction of sp³-hybridized carbons (Fsp3) is 0.312. The van der Waals surface area contributed by atoms with E-state index in [9.17, 15) is 4.79 Å².